The zero-order valence-corrected chi connectivity index (χ0v) is 14.4. The highest BCUT2D eigenvalue weighted by atomic mass is 32.2. The Bertz CT molecular complexity index is 818. The summed E-state index contributed by atoms with van der Waals surface area (Å²) in [5, 5.41) is 0. The van der Waals surface area contributed by atoms with E-state index in [-0.39, 0.29) is 25.0 Å². The standard InChI is InChI=1S/C19H16FNO3S/c1-24-12-11-21-18(22)16(13-7-9-14(20)10-8-13)17(19(21)23)25-15-5-3-2-4-6-15/h2-10H,11-12H2,1H3. The molecule has 0 fully saturated rings. The SMILES string of the molecule is COCCN1C(=O)C(Sc2ccccc2)=C(c2ccc(F)cc2)C1=O. The van der Waals surface area contributed by atoms with Crippen molar-refractivity contribution in [2.24, 2.45) is 0 Å². The van der Waals surface area contributed by atoms with E-state index in [4.69, 9.17) is 4.74 Å². The summed E-state index contributed by atoms with van der Waals surface area (Å²) in [7, 11) is 1.51. The third-order valence-corrected chi connectivity index (χ3v) is 4.83. The van der Waals surface area contributed by atoms with Crippen molar-refractivity contribution in [2.75, 3.05) is 20.3 Å². The first kappa shape index (κ1) is 17.4. The predicted octanol–water partition coefficient (Wildman–Crippen LogP) is 3.34. The maximum absolute atomic E-state index is 13.2. The van der Waals surface area contributed by atoms with E-state index in [1.807, 2.05) is 30.3 Å². The number of amides is 2. The van der Waals surface area contributed by atoms with Gasteiger partial charge in [-0.25, -0.2) is 4.39 Å². The van der Waals surface area contributed by atoms with Crippen LogP contribution in [0.15, 0.2) is 64.4 Å². The molecule has 128 valence electrons. The molecule has 0 unspecified atom stereocenters. The van der Waals surface area contributed by atoms with Crippen molar-refractivity contribution in [1.82, 2.24) is 4.90 Å². The molecule has 0 spiro atoms. The average Bonchev–Trinajstić information content (AvgIpc) is 2.85. The Labute approximate surface area is 149 Å². The largest absolute Gasteiger partial charge is 0.383 e. The van der Waals surface area contributed by atoms with Crippen molar-refractivity contribution < 1.29 is 18.7 Å². The normalized spacial score (nSPS) is 14.6. The van der Waals surface area contributed by atoms with E-state index < -0.39 is 5.82 Å². The van der Waals surface area contributed by atoms with E-state index in [1.54, 1.807) is 0 Å². The highest BCUT2D eigenvalue weighted by Crippen LogP contribution is 2.39. The van der Waals surface area contributed by atoms with E-state index in [0.717, 1.165) is 4.90 Å². The minimum atomic E-state index is -0.394. The third-order valence-electron chi connectivity index (χ3n) is 3.74. The van der Waals surface area contributed by atoms with Crippen LogP contribution >= 0.6 is 11.8 Å². The van der Waals surface area contributed by atoms with Gasteiger partial charge < -0.3 is 4.74 Å². The van der Waals surface area contributed by atoms with Crippen molar-refractivity contribution in [3.05, 3.63) is 70.9 Å². The molecule has 0 aliphatic carbocycles. The van der Waals surface area contributed by atoms with Gasteiger partial charge >= 0.3 is 0 Å². The van der Waals surface area contributed by atoms with Crippen LogP contribution in [0.2, 0.25) is 0 Å². The summed E-state index contributed by atoms with van der Waals surface area (Å²) in [4.78, 5) is 27.9. The minimum Gasteiger partial charge on any atom is -0.383 e. The van der Waals surface area contributed by atoms with E-state index >= 15 is 0 Å². The van der Waals surface area contributed by atoms with Crippen LogP contribution < -0.4 is 0 Å². The number of halogens is 1. The van der Waals surface area contributed by atoms with E-state index in [2.05, 4.69) is 0 Å². The van der Waals surface area contributed by atoms with Crippen LogP contribution in [0, 0.1) is 5.82 Å². The molecule has 2 amide bonds. The summed E-state index contributed by atoms with van der Waals surface area (Å²) in [5.41, 5.74) is 0.827. The van der Waals surface area contributed by atoms with E-state index in [0.29, 0.717) is 16.0 Å². The molecule has 3 rings (SSSR count). The van der Waals surface area contributed by atoms with Crippen molar-refractivity contribution >= 4 is 29.1 Å². The highest BCUT2D eigenvalue weighted by Gasteiger charge is 2.39. The van der Waals surface area contributed by atoms with Crippen molar-refractivity contribution in [3.63, 3.8) is 0 Å². The monoisotopic (exact) mass is 357 g/mol. The smallest absolute Gasteiger partial charge is 0.268 e. The maximum Gasteiger partial charge on any atom is 0.268 e. The number of carbonyl (C=O) groups is 2. The first-order chi connectivity index (χ1) is 12.1. The van der Waals surface area contributed by atoms with Gasteiger partial charge in [0.25, 0.3) is 11.8 Å². The van der Waals surface area contributed by atoms with Crippen molar-refractivity contribution in [1.29, 1.82) is 0 Å². The minimum absolute atomic E-state index is 0.178. The zero-order chi connectivity index (χ0) is 17.8. The first-order valence-electron chi connectivity index (χ1n) is 7.70. The predicted molar refractivity (Wildman–Crippen MR) is 94.2 cm³/mol. The van der Waals surface area contributed by atoms with Crippen LogP contribution in [0.25, 0.3) is 5.57 Å². The van der Waals surface area contributed by atoms with Gasteiger partial charge in [-0.05, 0) is 29.8 Å². The molecule has 0 radical (unpaired) electrons. The van der Waals surface area contributed by atoms with Gasteiger partial charge in [0, 0.05) is 12.0 Å². The summed E-state index contributed by atoms with van der Waals surface area (Å²) in [6.07, 6.45) is 0. The van der Waals surface area contributed by atoms with Crippen molar-refractivity contribution in [3.8, 4) is 0 Å². The number of ether oxygens (including phenoxy) is 1. The fraction of sp³-hybridized carbons (Fsp3) is 0.158. The molecule has 6 heteroatoms. The maximum atomic E-state index is 13.2. The molecule has 2 aromatic rings. The number of carbonyl (C=O) groups excluding carboxylic acids is 2. The number of methoxy groups -OCH3 is 1. The molecule has 25 heavy (non-hydrogen) atoms. The number of rotatable bonds is 6. The molecular weight excluding hydrogens is 341 g/mol. The quantitative estimate of drug-likeness (QED) is 0.744. The lowest BCUT2D eigenvalue weighted by molar-refractivity contribution is -0.137. The lowest BCUT2D eigenvalue weighted by Crippen LogP contribution is -2.34. The Kier molecular flexibility index (Phi) is 5.31. The van der Waals surface area contributed by atoms with Gasteiger partial charge in [0.2, 0.25) is 0 Å². The van der Waals surface area contributed by atoms with Gasteiger partial charge in [0.05, 0.1) is 23.6 Å². The first-order valence-corrected chi connectivity index (χ1v) is 8.51. The molecule has 0 atom stereocenters. The fourth-order valence-corrected chi connectivity index (χ4v) is 3.55. The molecule has 1 aliphatic heterocycles. The Hall–Kier alpha value is -2.44. The van der Waals surface area contributed by atoms with Gasteiger partial charge in [0.1, 0.15) is 5.82 Å². The molecule has 1 aliphatic rings. The molecule has 2 aromatic carbocycles. The number of imide groups is 1. The molecule has 0 saturated carbocycles. The Morgan fingerprint density at radius 2 is 1.68 bits per heavy atom. The summed E-state index contributed by atoms with van der Waals surface area (Å²) in [6, 6.07) is 14.9. The van der Waals surface area contributed by atoms with Gasteiger partial charge in [-0.2, -0.15) is 0 Å². The van der Waals surface area contributed by atoms with Gasteiger partial charge in [-0.15, -0.1) is 0 Å². The van der Waals surface area contributed by atoms with Gasteiger partial charge in [-0.1, -0.05) is 42.1 Å². The molecular formula is C19H16FNO3S. The topological polar surface area (TPSA) is 46.6 Å². The number of nitrogens with zero attached hydrogens (tertiary/aromatic N) is 1. The molecule has 0 saturated heterocycles. The summed E-state index contributed by atoms with van der Waals surface area (Å²) >= 11 is 1.24. The Morgan fingerprint density at radius 3 is 2.32 bits per heavy atom. The molecule has 1 heterocycles. The van der Waals surface area contributed by atoms with Gasteiger partial charge in [0.15, 0.2) is 0 Å². The van der Waals surface area contributed by atoms with E-state index in [9.17, 15) is 14.0 Å². The molecule has 4 nitrogen and oxygen atoms in total. The van der Waals surface area contributed by atoms with Crippen LogP contribution in [0.4, 0.5) is 4.39 Å². The second-order valence-electron chi connectivity index (χ2n) is 5.38. The number of hydrogen-bond acceptors (Lipinski definition) is 4. The lowest BCUT2D eigenvalue weighted by Gasteiger charge is -2.14. The molecule has 0 N–H and O–H groups in total. The second-order valence-corrected chi connectivity index (χ2v) is 6.46. The summed E-state index contributed by atoms with van der Waals surface area (Å²) in [5.74, 6) is -1.13. The number of hydrogen-bond donors (Lipinski definition) is 0. The number of thioether (sulfide) groups is 1. The summed E-state index contributed by atoms with van der Waals surface area (Å²) < 4.78 is 18.2. The van der Waals surface area contributed by atoms with Crippen LogP contribution in [0.3, 0.4) is 0 Å². The third kappa shape index (κ3) is 3.65. The van der Waals surface area contributed by atoms with Crippen molar-refractivity contribution in [2.45, 2.75) is 4.90 Å². The van der Waals surface area contributed by atoms with Crippen LogP contribution in [0.5, 0.6) is 0 Å². The van der Waals surface area contributed by atoms with Crippen LogP contribution in [-0.2, 0) is 14.3 Å². The average molecular weight is 357 g/mol. The second kappa shape index (κ2) is 7.63. The molecule has 0 aromatic heterocycles. The Morgan fingerprint density at radius 1 is 1.00 bits per heavy atom. The molecule has 0 bridgehead atoms. The van der Waals surface area contributed by atoms with Crippen LogP contribution in [0.1, 0.15) is 5.56 Å². The highest BCUT2D eigenvalue weighted by molar-refractivity contribution is 8.04. The fourth-order valence-electron chi connectivity index (χ4n) is 2.51. The summed E-state index contributed by atoms with van der Waals surface area (Å²) in [6.45, 7) is 0.440. The van der Waals surface area contributed by atoms with E-state index in [1.165, 1.54) is 48.0 Å². The number of benzene rings is 2. The Balaban J connectivity index is 2.02. The van der Waals surface area contributed by atoms with Gasteiger partial charge in [-0.3, -0.25) is 14.5 Å². The van der Waals surface area contributed by atoms with Crippen LogP contribution in [-0.4, -0.2) is 37.0 Å². The lowest BCUT2D eigenvalue weighted by atomic mass is 10.1. The zero-order valence-electron chi connectivity index (χ0n) is 13.6.